The van der Waals surface area contributed by atoms with E-state index in [1.54, 1.807) is 11.1 Å². The van der Waals surface area contributed by atoms with Crippen LogP contribution in [0.2, 0.25) is 0 Å². The Kier molecular flexibility index (Phi) is 14.5. The minimum Gasteiger partial charge on any atom is -0.741 e. The molecular formula is C12H22F6O6S4. The maximum Gasteiger partial charge on any atom is 0.485 e. The number of rotatable bonds is 4. The molecule has 0 saturated carbocycles. The lowest BCUT2D eigenvalue weighted by atomic mass is 10.2. The van der Waals surface area contributed by atoms with Crippen LogP contribution in [0, 0.1) is 0 Å². The molecule has 16 heteroatoms. The zero-order chi connectivity index (χ0) is 23.7. The average Bonchev–Trinajstić information content (AvgIpc) is 2.33. The van der Waals surface area contributed by atoms with Crippen molar-refractivity contribution < 1.29 is 52.3 Å². The lowest BCUT2D eigenvalue weighted by molar-refractivity contribution is -0.0522. The smallest absolute Gasteiger partial charge is 0.485 e. The first-order valence-corrected chi connectivity index (χ1v) is 13.9. The number of hydrogen-bond donors (Lipinski definition) is 0. The van der Waals surface area contributed by atoms with E-state index in [4.69, 9.17) is 25.9 Å². The van der Waals surface area contributed by atoms with Crippen LogP contribution in [0.5, 0.6) is 0 Å². The molecule has 0 aromatic heterocycles. The molecule has 0 bridgehead atoms. The van der Waals surface area contributed by atoms with Crippen LogP contribution in [0.1, 0.15) is 13.8 Å². The third-order valence-corrected chi connectivity index (χ3v) is 5.46. The van der Waals surface area contributed by atoms with Gasteiger partial charge in [0.05, 0.1) is 25.0 Å². The van der Waals surface area contributed by atoms with Crippen molar-refractivity contribution in [3.05, 3.63) is 11.1 Å². The molecule has 0 radical (unpaired) electrons. The average molecular weight is 505 g/mol. The second kappa shape index (κ2) is 12.5. The number of alkyl halides is 6. The summed E-state index contributed by atoms with van der Waals surface area (Å²) in [4.78, 5) is 0. The van der Waals surface area contributed by atoms with E-state index in [-0.39, 0.29) is 0 Å². The largest absolute Gasteiger partial charge is 0.741 e. The summed E-state index contributed by atoms with van der Waals surface area (Å²) in [6, 6.07) is 0. The van der Waals surface area contributed by atoms with Gasteiger partial charge in [0.25, 0.3) is 0 Å². The van der Waals surface area contributed by atoms with Gasteiger partial charge in [-0.2, -0.15) is 26.3 Å². The van der Waals surface area contributed by atoms with E-state index in [0.29, 0.717) is 21.8 Å². The molecule has 0 aromatic carbocycles. The highest BCUT2D eigenvalue weighted by Crippen LogP contribution is 2.21. The van der Waals surface area contributed by atoms with Gasteiger partial charge in [0.15, 0.2) is 20.2 Å². The molecule has 0 N–H and O–H groups in total. The summed E-state index contributed by atoms with van der Waals surface area (Å²) in [5.74, 6) is 2.59. The third-order valence-electron chi connectivity index (χ3n) is 2.31. The normalized spacial score (nSPS) is 14.0. The molecular weight excluding hydrogens is 482 g/mol. The molecule has 0 atom stereocenters. The van der Waals surface area contributed by atoms with Crippen molar-refractivity contribution in [2.75, 3.05) is 36.5 Å². The van der Waals surface area contributed by atoms with E-state index in [0.717, 1.165) is 0 Å². The Morgan fingerprint density at radius 3 is 0.893 bits per heavy atom. The van der Waals surface area contributed by atoms with Crippen LogP contribution in [-0.2, 0) is 42.0 Å². The maximum atomic E-state index is 10.7. The van der Waals surface area contributed by atoms with Crippen molar-refractivity contribution in [1.29, 1.82) is 0 Å². The Labute approximate surface area is 167 Å². The molecule has 0 aliphatic carbocycles. The minimum atomic E-state index is -6.09. The van der Waals surface area contributed by atoms with E-state index in [1.807, 2.05) is 0 Å². The van der Waals surface area contributed by atoms with Gasteiger partial charge in [-0.05, 0) is 46.8 Å². The van der Waals surface area contributed by atoms with Crippen molar-refractivity contribution in [3.8, 4) is 0 Å². The highest BCUT2D eigenvalue weighted by molar-refractivity contribution is 7.96. The molecule has 0 heterocycles. The van der Waals surface area contributed by atoms with Gasteiger partial charge in [-0.1, -0.05) is 0 Å². The Morgan fingerprint density at radius 2 is 0.821 bits per heavy atom. The summed E-state index contributed by atoms with van der Waals surface area (Å²) in [5, 5.41) is 0. The Hall–Kier alpha value is -0.160. The number of halogens is 6. The van der Waals surface area contributed by atoms with Gasteiger partial charge in [-0.15, -0.1) is 0 Å². The van der Waals surface area contributed by atoms with Crippen LogP contribution in [0.25, 0.3) is 0 Å². The second-order valence-corrected chi connectivity index (χ2v) is 12.9. The molecule has 0 saturated heterocycles. The van der Waals surface area contributed by atoms with Gasteiger partial charge < -0.3 is 9.11 Å². The van der Waals surface area contributed by atoms with E-state index in [1.165, 1.54) is 11.5 Å². The Balaban J connectivity index is -0.000000347. The molecule has 0 spiro atoms. The molecule has 0 fully saturated rings. The fourth-order valence-corrected chi connectivity index (χ4v) is 3.34. The predicted octanol–water partition coefficient (Wildman–Crippen LogP) is 2.18. The monoisotopic (exact) mass is 504 g/mol. The van der Waals surface area contributed by atoms with Gasteiger partial charge in [0, 0.05) is 0 Å². The molecule has 172 valence electrons. The summed E-state index contributed by atoms with van der Waals surface area (Å²) >= 11 is 0. The molecule has 0 aliphatic heterocycles. The molecule has 6 nitrogen and oxygen atoms in total. The SMILES string of the molecule is C/C(C[S+](C)C)=C(/C)C[S+](C)C.O=S(=O)([O-])C(F)(F)F.O=S(=O)([O-])C(F)(F)F. The molecule has 28 heavy (non-hydrogen) atoms. The van der Waals surface area contributed by atoms with Gasteiger partial charge >= 0.3 is 11.0 Å². The van der Waals surface area contributed by atoms with Crippen molar-refractivity contribution in [2.45, 2.75) is 24.9 Å². The first-order valence-electron chi connectivity index (χ1n) is 6.71. The first kappa shape index (κ1) is 32.5. The molecule has 0 unspecified atom stereocenters. The van der Waals surface area contributed by atoms with Crippen LogP contribution in [-0.4, -0.2) is 73.5 Å². The fraction of sp³-hybridized carbons (Fsp3) is 0.833. The Morgan fingerprint density at radius 1 is 0.679 bits per heavy atom. The lowest BCUT2D eigenvalue weighted by Gasteiger charge is -2.08. The van der Waals surface area contributed by atoms with E-state index >= 15 is 0 Å². The quantitative estimate of drug-likeness (QED) is 0.191. The maximum absolute atomic E-state index is 10.7. The van der Waals surface area contributed by atoms with E-state index in [9.17, 15) is 26.3 Å². The predicted molar refractivity (Wildman–Crippen MR) is 98.0 cm³/mol. The van der Waals surface area contributed by atoms with Crippen molar-refractivity contribution in [1.82, 2.24) is 0 Å². The van der Waals surface area contributed by atoms with Crippen molar-refractivity contribution >= 4 is 42.0 Å². The Bertz CT molecular complexity index is 633. The summed E-state index contributed by atoms with van der Waals surface area (Å²) in [5.41, 5.74) is -8.06. The molecule has 0 rings (SSSR count). The molecule has 0 aromatic rings. The van der Waals surface area contributed by atoms with Gasteiger partial charge in [-0.3, -0.25) is 0 Å². The molecule has 0 aliphatic rings. The second-order valence-electron chi connectivity index (χ2n) is 5.62. The standard InChI is InChI=1S/C10H22S2.2CHF3O3S/c1-9(7-11(3)4)10(2)8-12(5)6;2*2-1(3,4)8(5,6)7/h7-8H2,1-6H3;2*(H,5,6,7)/q+2;;/p-2/b10-9+;;. The zero-order valence-electron chi connectivity index (χ0n) is 15.8. The highest BCUT2D eigenvalue weighted by Gasteiger charge is 2.37. The van der Waals surface area contributed by atoms with Crippen LogP contribution in [0.15, 0.2) is 11.1 Å². The van der Waals surface area contributed by atoms with Crippen LogP contribution < -0.4 is 0 Å². The zero-order valence-corrected chi connectivity index (χ0v) is 19.0. The lowest BCUT2D eigenvalue weighted by Crippen LogP contribution is -2.21. The van der Waals surface area contributed by atoms with Crippen LogP contribution in [0.3, 0.4) is 0 Å². The minimum absolute atomic E-state index is 0.564. The van der Waals surface area contributed by atoms with Gasteiger partial charge in [-0.25, -0.2) is 16.8 Å². The number of hydrogen-bond acceptors (Lipinski definition) is 6. The highest BCUT2D eigenvalue weighted by atomic mass is 32.2. The van der Waals surface area contributed by atoms with Gasteiger partial charge in [0.1, 0.15) is 11.5 Å². The summed E-state index contributed by atoms with van der Waals surface area (Å²) in [6.07, 6.45) is 9.26. The van der Waals surface area contributed by atoms with Crippen molar-refractivity contribution in [3.63, 3.8) is 0 Å². The summed E-state index contributed by atoms with van der Waals surface area (Å²) < 4.78 is 118. The summed E-state index contributed by atoms with van der Waals surface area (Å²) in [6.45, 7) is 4.57. The van der Waals surface area contributed by atoms with Crippen LogP contribution in [0.4, 0.5) is 26.3 Å². The fourth-order valence-electron chi connectivity index (χ4n) is 1.11. The molecule has 0 amide bonds. The topological polar surface area (TPSA) is 114 Å². The van der Waals surface area contributed by atoms with Crippen LogP contribution >= 0.6 is 0 Å². The van der Waals surface area contributed by atoms with Gasteiger partial charge in [0.2, 0.25) is 0 Å². The van der Waals surface area contributed by atoms with E-state index < -0.39 is 31.3 Å². The third kappa shape index (κ3) is 17.9. The van der Waals surface area contributed by atoms with Crippen molar-refractivity contribution in [2.24, 2.45) is 0 Å². The van der Waals surface area contributed by atoms with E-state index in [2.05, 4.69) is 38.9 Å². The summed E-state index contributed by atoms with van der Waals surface area (Å²) in [7, 11) is -11.1. The first-order chi connectivity index (χ1) is 11.9.